The van der Waals surface area contributed by atoms with Crippen LogP contribution in [0.4, 0.5) is 0 Å². The van der Waals surface area contributed by atoms with Gasteiger partial charge in [-0.2, -0.15) is 0 Å². The number of benzene rings is 2. The summed E-state index contributed by atoms with van der Waals surface area (Å²) >= 11 is 0. The highest BCUT2D eigenvalue weighted by molar-refractivity contribution is 5.96. The van der Waals surface area contributed by atoms with Gasteiger partial charge in [-0.3, -0.25) is 4.79 Å². The number of nitrogens with zero attached hydrogens (tertiary/aromatic N) is 1. The molecule has 0 saturated heterocycles. The van der Waals surface area contributed by atoms with Gasteiger partial charge in [0.05, 0.1) is 12.6 Å². The number of carbonyl (C=O) groups is 1. The average molecular weight is 320 g/mol. The summed E-state index contributed by atoms with van der Waals surface area (Å²) in [4.78, 5) is 16.7. The normalized spacial score (nSPS) is 11.9. The minimum atomic E-state index is -0.188. The van der Waals surface area contributed by atoms with Crippen molar-refractivity contribution in [2.45, 2.75) is 19.9 Å². The van der Waals surface area contributed by atoms with Crippen LogP contribution in [0.5, 0.6) is 5.88 Å². The second-order valence-corrected chi connectivity index (χ2v) is 5.59. The third-order valence-corrected chi connectivity index (χ3v) is 3.92. The van der Waals surface area contributed by atoms with Crippen LogP contribution < -0.4 is 10.1 Å². The summed E-state index contributed by atoms with van der Waals surface area (Å²) in [5, 5.41) is 5.36. The monoisotopic (exact) mass is 320 g/mol. The lowest BCUT2D eigenvalue weighted by Gasteiger charge is -2.16. The van der Waals surface area contributed by atoms with E-state index in [0.717, 1.165) is 10.9 Å². The maximum absolute atomic E-state index is 12.6. The van der Waals surface area contributed by atoms with E-state index in [1.165, 1.54) is 5.39 Å². The number of pyridine rings is 1. The average Bonchev–Trinajstić information content (AvgIpc) is 2.62. The molecule has 1 aromatic heterocycles. The molecule has 122 valence electrons. The Morgan fingerprint density at radius 2 is 1.92 bits per heavy atom. The van der Waals surface area contributed by atoms with E-state index in [9.17, 15) is 4.79 Å². The molecule has 0 aliphatic carbocycles. The first kappa shape index (κ1) is 16.0. The zero-order valence-electron chi connectivity index (χ0n) is 13.8. The number of aromatic nitrogens is 1. The molecule has 0 bridgehead atoms. The highest BCUT2D eigenvalue weighted by atomic mass is 16.5. The van der Waals surface area contributed by atoms with E-state index < -0.39 is 0 Å². The summed E-state index contributed by atoms with van der Waals surface area (Å²) in [5.74, 6) is 0.176. The Kier molecular flexibility index (Phi) is 4.75. The predicted octanol–water partition coefficient (Wildman–Crippen LogP) is 4.12. The molecule has 0 aliphatic rings. The standard InChI is InChI=1S/C20H20N2O2/c1-3-24-20-18(9-6-12-21-20)19(23)22-14(2)16-11-10-15-7-4-5-8-17(15)13-16/h4-14H,3H2,1-2H3,(H,22,23)/t14-/m1/s1. The van der Waals surface area contributed by atoms with Crippen LogP contribution in [0.2, 0.25) is 0 Å². The molecule has 4 heteroatoms. The van der Waals surface area contributed by atoms with E-state index in [1.54, 1.807) is 18.3 Å². The molecule has 0 saturated carbocycles. The second-order valence-electron chi connectivity index (χ2n) is 5.59. The van der Waals surface area contributed by atoms with Gasteiger partial charge in [0, 0.05) is 6.20 Å². The van der Waals surface area contributed by atoms with Crippen LogP contribution in [0.25, 0.3) is 10.8 Å². The molecule has 1 amide bonds. The van der Waals surface area contributed by atoms with Gasteiger partial charge in [-0.25, -0.2) is 4.98 Å². The zero-order valence-corrected chi connectivity index (χ0v) is 13.8. The Morgan fingerprint density at radius 3 is 2.71 bits per heavy atom. The summed E-state index contributed by atoms with van der Waals surface area (Å²) in [6.45, 7) is 4.31. The van der Waals surface area contributed by atoms with Gasteiger partial charge >= 0.3 is 0 Å². The van der Waals surface area contributed by atoms with Crippen LogP contribution >= 0.6 is 0 Å². The zero-order chi connectivity index (χ0) is 16.9. The van der Waals surface area contributed by atoms with E-state index in [0.29, 0.717) is 18.1 Å². The highest BCUT2D eigenvalue weighted by Crippen LogP contribution is 2.21. The first-order chi connectivity index (χ1) is 11.7. The van der Waals surface area contributed by atoms with Crippen molar-refractivity contribution in [3.8, 4) is 5.88 Å². The number of hydrogen-bond acceptors (Lipinski definition) is 3. The topological polar surface area (TPSA) is 51.2 Å². The lowest BCUT2D eigenvalue weighted by molar-refractivity contribution is 0.0935. The van der Waals surface area contributed by atoms with Gasteiger partial charge in [0.2, 0.25) is 5.88 Å². The fourth-order valence-electron chi connectivity index (χ4n) is 2.65. The largest absolute Gasteiger partial charge is 0.477 e. The van der Waals surface area contributed by atoms with Gasteiger partial charge in [0.15, 0.2) is 0 Å². The number of ether oxygens (including phenoxy) is 1. The number of fused-ring (bicyclic) bond motifs is 1. The van der Waals surface area contributed by atoms with E-state index >= 15 is 0 Å². The predicted molar refractivity (Wildman–Crippen MR) is 95.2 cm³/mol. The molecule has 0 radical (unpaired) electrons. The molecular formula is C20H20N2O2. The molecule has 0 unspecified atom stereocenters. The van der Waals surface area contributed by atoms with Gasteiger partial charge in [0.1, 0.15) is 5.56 Å². The number of nitrogens with one attached hydrogen (secondary N) is 1. The Bertz CT molecular complexity index is 861. The number of amides is 1. The van der Waals surface area contributed by atoms with Crippen molar-refractivity contribution in [3.05, 3.63) is 71.9 Å². The summed E-state index contributed by atoms with van der Waals surface area (Å²) < 4.78 is 5.43. The maximum atomic E-state index is 12.6. The molecule has 24 heavy (non-hydrogen) atoms. The second kappa shape index (κ2) is 7.13. The van der Waals surface area contributed by atoms with Crippen molar-refractivity contribution >= 4 is 16.7 Å². The van der Waals surface area contributed by atoms with E-state index in [4.69, 9.17) is 4.74 Å². The van der Waals surface area contributed by atoms with Crippen LogP contribution in [-0.4, -0.2) is 17.5 Å². The maximum Gasteiger partial charge on any atom is 0.257 e. The Balaban J connectivity index is 1.80. The molecule has 0 fully saturated rings. The molecule has 3 rings (SSSR count). The SMILES string of the molecule is CCOc1ncccc1C(=O)N[C@H](C)c1ccc2ccccc2c1. The molecule has 3 aromatic rings. The fraction of sp³-hybridized carbons (Fsp3) is 0.200. The summed E-state index contributed by atoms with van der Waals surface area (Å²) in [7, 11) is 0. The lowest BCUT2D eigenvalue weighted by atomic mass is 10.0. The smallest absolute Gasteiger partial charge is 0.257 e. The van der Waals surface area contributed by atoms with Crippen molar-refractivity contribution in [1.29, 1.82) is 0 Å². The molecule has 2 aromatic carbocycles. The van der Waals surface area contributed by atoms with E-state index in [-0.39, 0.29) is 11.9 Å². The van der Waals surface area contributed by atoms with Crippen molar-refractivity contribution in [2.24, 2.45) is 0 Å². The minimum absolute atomic E-state index is 0.114. The van der Waals surface area contributed by atoms with Crippen LogP contribution in [0.15, 0.2) is 60.8 Å². The summed E-state index contributed by atoms with van der Waals surface area (Å²) in [5.41, 5.74) is 1.51. The van der Waals surface area contributed by atoms with Crippen LogP contribution in [0.3, 0.4) is 0 Å². The molecular weight excluding hydrogens is 300 g/mol. The van der Waals surface area contributed by atoms with Crippen molar-refractivity contribution in [2.75, 3.05) is 6.61 Å². The van der Waals surface area contributed by atoms with E-state index in [1.807, 2.05) is 32.0 Å². The number of rotatable bonds is 5. The summed E-state index contributed by atoms with van der Waals surface area (Å²) in [6.07, 6.45) is 1.62. The molecule has 1 N–H and O–H groups in total. The highest BCUT2D eigenvalue weighted by Gasteiger charge is 2.16. The number of carbonyl (C=O) groups excluding carboxylic acids is 1. The lowest BCUT2D eigenvalue weighted by Crippen LogP contribution is -2.27. The number of hydrogen-bond donors (Lipinski definition) is 1. The van der Waals surface area contributed by atoms with Crippen molar-refractivity contribution < 1.29 is 9.53 Å². The van der Waals surface area contributed by atoms with Gasteiger partial charge in [0.25, 0.3) is 5.91 Å². The quantitative estimate of drug-likeness (QED) is 0.769. The first-order valence-corrected chi connectivity index (χ1v) is 8.06. The molecule has 1 atom stereocenters. The molecule has 0 spiro atoms. The third kappa shape index (κ3) is 3.38. The van der Waals surface area contributed by atoms with E-state index in [2.05, 4.69) is 34.6 Å². The fourth-order valence-corrected chi connectivity index (χ4v) is 2.65. The van der Waals surface area contributed by atoms with Gasteiger partial charge in [-0.1, -0.05) is 36.4 Å². The first-order valence-electron chi connectivity index (χ1n) is 8.06. The molecule has 4 nitrogen and oxygen atoms in total. The van der Waals surface area contributed by atoms with Crippen molar-refractivity contribution in [1.82, 2.24) is 10.3 Å². The van der Waals surface area contributed by atoms with Crippen LogP contribution in [-0.2, 0) is 0 Å². The van der Waals surface area contributed by atoms with Crippen LogP contribution in [0, 0.1) is 0 Å². The summed E-state index contributed by atoms with van der Waals surface area (Å²) in [6, 6.07) is 17.7. The Labute approximate surface area is 141 Å². The van der Waals surface area contributed by atoms with Crippen LogP contribution in [0.1, 0.15) is 35.8 Å². The van der Waals surface area contributed by atoms with Crippen molar-refractivity contribution in [3.63, 3.8) is 0 Å². The third-order valence-electron chi connectivity index (χ3n) is 3.92. The van der Waals surface area contributed by atoms with Gasteiger partial charge < -0.3 is 10.1 Å². The minimum Gasteiger partial charge on any atom is -0.477 e. The van der Waals surface area contributed by atoms with Gasteiger partial charge in [-0.15, -0.1) is 0 Å². The Hall–Kier alpha value is -2.88. The molecule has 0 aliphatic heterocycles. The Morgan fingerprint density at radius 1 is 1.12 bits per heavy atom. The van der Waals surface area contributed by atoms with Gasteiger partial charge in [-0.05, 0) is 48.4 Å². The molecule has 1 heterocycles.